The Balaban J connectivity index is 1.31. The molecule has 0 aliphatic carbocycles. The molecular weight excluding hydrogens is 430 g/mol. The molecule has 1 aromatic carbocycles. The standard InChI is InChI=1S/C22H29N5O6/c28-18(17-7-4-12-33-17)25-16(19(29)30)13-23-21(32)26-10-8-22(9-11-26)20(31)24-14-27(22)15-5-2-1-3-6-15/h1-3,5-6,16-17H,4,7-14H2,(H,23,32)(H,24,31)(H,25,28)(H,29,30). The topological polar surface area (TPSA) is 140 Å². The van der Waals surface area contributed by atoms with Crippen LogP contribution < -0.4 is 20.9 Å². The van der Waals surface area contributed by atoms with Crippen molar-refractivity contribution in [2.75, 3.05) is 37.8 Å². The van der Waals surface area contributed by atoms with Crippen molar-refractivity contribution in [2.45, 2.75) is 43.4 Å². The van der Waals surface area contributed by atoms with Crippen LogP contribution in [0.3, 0.4) is 0 Å². The van der Waals surface area contributed by atoms with E-state index < -0.39 is 35.6 Å². The quantitative estimate of drug-likeness (QED) is 0.465. The Morgan fingerprint density at radius 2 is 1.94 bits per heavy atom. The van der Waals surface area contributed by atoms with Gasteiger partial charge in [0.2, 0.25) is 11.8 Å². The number of hydrogen-bond acceptors (Lipinski definition) is 6. The Morgan fingerprint density at radius 1 is 1.21 bits per heavy atom. The van der Waals surface area contributed by atoms with Gasteiger partial charge in [-0.05, 0) is 37.8 Å². The third-order valence-corrected chi connectivity index (χ3v) is 6.58. The number of likely N-dealkylation sites (tertiary alicyclic amines) is 1. The molecule has 1 spiro atoms. The predicted octanol–water partition coefficient (Wildman–Crippen LogP) is -0.127. The number of carboxylic acids is 1. The number of amides is 4. The Morgan fingerprint density at radius 3 is 2.58 bits per heavy atom. The summed E-state index contributed by atoms with van der Waals surface area (Å²) in [5, 5.41) is 17.4. The second kappa shape index (κ2) is 9.65. The molecule has 3 aliphatic heterocycles. The first-order chi connectivity index (χ1) is 15.9. The van der Waals surface area contributed by atoms with Gasteiger partial charge in [-0.2, -0.15) is 0 Å². The van der Waals surface area contributed by atoms with Crippen LogP contribution in [-0.2, 0) is 19.1 Å². The van der Waals surface area contributed by atoms with E-state index in [-0.39, 0.29) is 12.5 Å². The fourth-order valence-electron chi connectivity index (χ4n) is 4.66. The van der Waals surface area contributed by atoms with Crippen LogP contribution in [0.1, 0.15) is 25.7 Å². The lowest BCUT2D eigenvalue weighted by molar-refractivity contribution is -0.143. The van der Waals surface area contributed by atoms with Crippen molar-refractivity contribution in [1.82, 2.24) is 20.9 Å². The lowest BCUT2D eigenvalue weighted by atomic mass is 9.85. The van der Waals surface area contributed by atoms with E-state index in [2.05, 4.69) is 16.0 Å². The van der Waals surface area contributed by atoms with Crippen molar-refractivity contribution in [1.29, 1.82) is 0 Å². The summed E-state index contributed by atoms with van der Waals surface area (Å²) < 4.78 is 5.27. The molecule has 0 bridgehead atoms. The normalized spacial score (nSPS) is 22.7. The number of piperidine rings is 1. The number of carbonyl (C=O) groups is 4. The first-order valence-corrected chi connectivity index (χ1v) is 11.2. The lowest BCUT2D eigenvalue weighted by Gasteiger charge is -2.43. The van der Waals surface area contributed by atoms with Crippen LogP contribution in [0.5, 0.6) is 0 Å². The van der Waals surface area contributed by atoms with E-state index in [1.54, 1.807) is 4.90 Å². The number of hydrogen-bond donors (Lipinski definition) is 4. The van der Waals surface area contributed by atoms with Crippen LogP contribution in [0.15, 0.2) is 30.3 Å². The van der Waals surface area contributed by atoms with Gasteiger partial charge in [0, 0.05) is 25.4 Å². The number of para-hydroxylation sites is 1. The SMILES string of the molecule is O=C(O)C(CNC(=O)N1CCC2(CC1)C(=O)NCN2c1ccccc1)NC(=O)C1CCCO1. The van der Waals surface area contributed by atoms with Gasteiger partial charge < -0.3 is 35.6 Å². The molecule has 1 aromatic rings. The maximum absolute atomic E-state index is 12.7. The minimum atomic E-state index is -1.25. The summed E-state index contributed by atoms with van der Waals surface area (Å²) in [5.74, 6) is -1.77. The highest BCUT2D eigenvalue weighted by Crippen LogP contribution is 2.36. The van der Waals surface area contributed by atoms with Crippen molar-refractivity contribution < 1.29 is 29.0 Å². The molecule has 178 valence electrons. The van der Waals surface area contributed by atoms with Crippen molar-refractivity contribution in [2.24, 2.45) is 0 Å². The Hall–Kier alpha value is -3.34. The number of carboxylic acid groups (broad SMARTS) is 1. The molecular formula is C22H29N5O6. The van der Waals surface area contributed by atoms with Crippen LogP contribution >= 0.6 is 0 Å². The number of nitrogens with one attached hydrogen (secondary N) is 3. The van der Waals surface area contributed by atoms with E-state index in [4.69, 9.17) is 4.74 Å². The van der Waals surface area contributed by atoms with Gasteiger partial charge >= 0.3 is 12.0 Å². The number of anilines is 1. The first-order valence-electron chi connectivity index (χ1n) is 11.2. The Labute approximate surface area is 191 Å². The number of rotatable bonds is 6. The minimum absolute atomic E-state index is 0.0470. The smallest absolute Gasteiger partial charge is 0.328 e. The minimum Gasteiger partial charge on any atom is -0.480 e. The molecule has 3 saturated heterocycles. The van der Waals surface area contributed by atoms with E-state index in [1.807, 2.05) is 35.2 Å². The molecule has 2 unspecified atom stereocenters. The van der Waals surface area contributed by atoms with Crippen LogP contribution in [0.2, 0.25) is 0 Å². The zero-order valence-electron chi connectivity index (χ0n) is 18.3. The molecule has 3 heterocycles. The maximum atomic E-state index is 12.7. The third kappa shape index (κ3) is 4.72. The van der Waals surface area contributed by atoms with E-state index in [0.29, 0.717) is 45.6 Å². The number of carbonyl (C=O) groups excluding carboxylic acids is 3. The molecule has 11 nitrogen and oxygen atoms in total. The molecule has 0 aromatic heterocycles. The summed E-state index contributed by atoms with van der Waals surface area (Å²) in [6, 6.07) is 8.00. The molecule has 2 atom stereocenters. The summed E-state index contributed by atoms with van der Waals surface area (Å²) in [6.45, 7) is 1.35. The molecule has 4 rings (SSSR count). The number of ether oxygens (including phenoxy) is 1. The molecule has 4 amide bonds. The van der Waals surface area contributed by atoms with Crippen LogP contribution in [0.25, 0.3) is 0 Å². The number of nitrogens with zero attached hydrogens (tertiary/aromatic N) is 2. The number of aliphatic carboxylic acids is 1. The second-order valence-electron chi connectivity index (χ2n) is 8.53. The maximum Gasteiger partial charge on any atom is 0.328 e. The lowest BCUT2D eigenvalue weighted by Crippen LogP contribution is -2.59. The van der Waals surface area contributed by atoms with Crippen LogP contribution in [0.4, 0.5) is 10.5 Å². The Bertz CT molecular complexity index is 896. The van der Waals surface area contributed by atoms with E-state index >= 15 is 0 Å². The summed E-state index contributed by atoms with van der Waals surface area (Å²) >= 11 is 0. The molecule has 33 heavy (non-hydrogen) atoms. The zero-order chi connectivity index (χ0) is 23.4. The highest BCUT2D eigenvalue weighted by Gasteiger charge is 2.50. The van der Waals surface area contributed by atoms with Gasteiger partial charge in [-0.3, -0.25) is 9.59 Å². The fourth-order valence-corrected chi connectivity index (χ4v) is 4.66. The number of benzene rings is 1. The zero-order valence-corrected chi connectivity index (χ0v) is 18.3. The van der Waals surface area contributed by atoms with Crippen molar-refractivity contribution in [3.63, 3.8) is 0 Å². The summed E-state index contributed by atoms with van der Waals surface area (Å²) in [7, 11) is 0. The first kappa shape index (κ1) is 22.8. The fraction of sp³-hybridized carbons (Fsp3) is 0.545. The van der Waals surface area contributed by atoms with E-state index in [1.165, 1.54) is 0 Å². The average Bonchev–Trinajstić information content (AvgIpc) is 3.47. The highest BCUT2D eigenvalue weighted by molar-refractivity contribution is 5.94. The van der Waals surface area contributed by atoms with Gasteiger partial charge in [0.15, 0.2) is 0 Å². The van der Waals surface area contributed by atoms with Gasteiger partial charge in [0.1, 0.15) is 17.7 Å². The Kier molecular flexibility index (Phi) is 6.68. The second-order valence-corrected chi connectivity index (χ2v) is 8.53. The molecule has 11 heteroatoms. The van der Waals surface area contributed by atoms with Gasteiger partial charge in [0.25, 0.3) is 0 Å². The van der Waals surface area contributed by atoms with Gasteiger partial charge in [-0.15, -0.1) is 0 Å². The summed E-state index contributed by atoms with van der Waals surface area (Å²) in [4.78, 5) is 52.7. The highest BCUT2D eigenvalue weighted by atomic mass is 16.5. The largest absolute Gasteiger partial charge is 0.480 e. The van der Waals surface area contributed by atoms with Crippen LogP contribution in [0, 0.1) is 0 Å². The van der Waals surface area contributed by atoms with E-state index in [0.717, 1.165) is 12.1 Å². The third-order valence-electron chi connectivity index (χ3n) is 6.58. The predicted molar refractivity (Wildman–Crippen MR) is 117 cm³/mol. The summed E-state index contributed by atoms with van der Waals surface area (Å²) in [6.07, 6.45) is 1.57. The monoisotopic (exact) mass is 459 g/mol. The van der Waals surface area contributed by atoms with Gasteiger partial charge in [-0.25, -0.2) is 9.59 Å². The van der Waals surface area contributed by atoms with Crippen molar-refractivity contribution >= 4 is 29.5 Å². The van der Waals surface area contributed by atoms with Crippen LogP contribution in [-0.4, -0.2) is 84.4 Å². The van der Waals surface area contributed by atoms with E-state index in [9.17, 15) is 24.3 Å². The molecule has 0 saturated carbocycles. The van der Waals surface area contributed by atoms with Crippen molar-refractivity contribution in [3.05, 3.63) is 30.3 Å². The average molecular weight is 460 g/mol. The van der Waals surface area contributed by atoms with Crippen molar-refractivity contribution in [3.8, 4) is 0 Å². The molecule has 3 fully saturated rings. The molecule has 0 radical (unpaired) electrons. The van der Waals surface area contributed by atoms with Gasteiger partial charge in [0.05, 0.1) is 13.2 Å². The number of urea groups is 1. The van der Waals surface area contributed by atoms with Gasteiger partial charge in [-0.1, -0.05) is 18.2 Å². The summed E-state index contributed by atoms with van der Waals surface area (Å²) in [5.41, 5.74) is 0.233. The molecule has 4 N–H and O–H groups in total. The molecule has 3 aliphatic rings.